The Labute approximate surface area is 108 Å². The van der Waals surface area contributed by atoms with Crippen molar-refractivity contribution in [3.8, 4) is 5.75 Å². The van der Waals surface area contributed by atoms with Crippen LogP contribution in [0.3, 0.4) is 0 Å². The molecule has 1 aliphatic heterocycles. The predicted octanol–water partition coefficient (Wildman–Crippen LogP) is 3.91. The van der Waals surface area contributed by atoms with Gasteiger partial charge in [0.15, 0.2) is 0 Å². The number of alkyl halides is 1. The van der Waals surface area contributed by atoms with Crippen molar-refractivity contribution < 1.29 is 4.74 Å². The van der Waals surface area contributed by atoms with Crippen molar-refractivity contribution in [1.82, 2.24) is 0 Å². The number of anilines is 1. The molecule has 2 nitrogen and oxygen atoms in total. The zero-order valence-electron chi connectivity index (χ0n) is 10.1. The molecule has 0 unspecified atom stereocenters. The first-order valence-corrected chi connectivity index (χ1v) is 6.57. The molecule has 0 amide bonds. The molecular formula is C14H18ClNO. The lowest BCUT2D eigenvalue weighted by molar-refractivity contribution is 0.310. The van der Waals surface area contributed by atoms with E-state index in [1.54, 1.807) is 0 Å². The van der Waals surface area contributed by atoms with Gasteiger partial charge in [0.1, 0.15) is 5.75 Å². The van der Waals surface area contributed by atoms with Gasteiger partial charge >= 0.3 is 0 Å². The number of hydrogen-bond acceptors (Lipinski definition) is 2. The summed E-state index contributed by atoms with van der Waals surface area (Å²) in [4.78, 5) is 0. The molecule has 1 aromatic carbocycles. The molecule has 0 atom stereocenters. The molecule has 92 valence electrons. The first-order valence-electron chi connectivity index (χ1n) is 6.03. The fourth-order valence-corrected chi connectivity index (χ4v) is 2.03. The standard InChI is InChI=1S/C14H18ClNO/c1-11-8-12-4-5-13(9-14(12)16-10-11)17-7-3-2-6-15/h4-5,8-9,16H,2-3,6-7,10H2,1H3. The monoisotopic (exact) mass is 251 g/mol. The smallest absolute Gasteiger partial charge is 0.121 e. The van der Waals surface area contributed by atoms with Crippen molar-refractivity contribution in [1.29, 1.82) is 0 Å². The molecule has 1 aromatic rings. The molecule has 1 heterocycles. The van der Waals surface area contributed by atoms with E-state index in [-0.39, 0.29) is 0 Å². The van der Waals surface area contributed by atoms with Crippen LogP contribution in [0.2, 0.25) is 0 Å². The minimum atomic E-state index is 0.708. The van der Waals surface area contributed by atoms with E-state index >= 15 is 0 Å². The highest BCUT2D eigenvalue weighted by atomic mass is 35.5. The van der Waals surface area contributed by atoms with E-state index in [2.05, 4.69) is 30.4 Å². The maximum Gasteiger partial charge on any atom is 0.121 e. The fourth-order valence-electron chi connectivity index (χ4n) is 1.84. The average Bonchev–Trinajstić information content (AvgIpc) is 2.35. The molecule has 0 saturated heterocycles. The van der Waals surface area contributed by atoms with Crippen molar-refractivity contribution in [2.24, 2.45) is 0 Å². The third-order valence-corrected chi connectivity index (χ3v) is 3.05. The van der Waals surface area contributed by atoms with Crippen molar-refractivity contribution in [2.75, 3.05) is 24.3 Å². The van der Waals surface area contributed by atoms with Gasteiger partial charge in [0.2, 0.25) is 0 Å². The van der Waals surface area contributed by atoms with Crippen LogP contribution in [-0.4, -0.2) is 19.0 Å². The van der Waals surface area contributed by atoms with Gasteiger partial charge in [0, 0.05) is 24.2 Å². The van der Waals surface area contributed by atoms with Gasteiger partial charge in [0.05, 0.1) is 6.61 Å². The highest BCUT2D eigenvalue weighted by Gasteiger charge is 2.07. The largest absolute Gasteiger partial charge is 0.494 e. The van der Waals surface area contributed by atoms with Crippen LogP contribution in [0.25, 0.3) is 6.08 Å². The van der Waals surface area contributed by atoms with Crippen LogP contribution in [0.4, 0.5) is 5.69 Å². The molecule has 0 aromatic heterocycles. The zero-order chi connectivity index (χ0) is 12.1. The molecule has 0 saturated carbocycles. The number of rotatable bonds is 5. The van der Waals surface area contributed by atoms with E-state index < -0.39 is 0 Å². The number of hydrogen-bond donors (Lipinski definition) is 1. The summed E-state index contributed by atoms with van der Waals surface area (Å²) in [5.74, 6) is 1.64. The molecule has 0 spiro atoms. The van der Waals surface area contributed by atoms with Gasteiger partial charge in [-0.3, -0.25) is 0 Å². The Hall–Kier alpha value is -1.15. The van der Waals surface area contributed by atoms with Gasteiger partial charge in [-0.05, 0) is 37.5 Å². The van der Waals surface area contributed by atoms with Crippen LogP contribution >= 0.6 is 11.6 Å². The summed E-state index contributed by atoms with van der Waals surface area (Å²) in [6.45, 7) is 3.79. The Morgan fingerprint density at radius 3 is 3.06 bits per heavy atom. The quantitative estimate of drug-likeness (QED) is 0.633. The minimum Gasteiger partial charge on any atom is -0.494 e. The summed E-state index contributed by atoms with van der Waals surface area (Å²) in [7, 11) is 0. The second-order valence-electron chi connectivity index (χ2n) is 4.34. The SMILES string of the molecule is CC1=Cc2ccc(OCCCCCl)cc2NC1. The zero-order valence-corrected chi connectivity index (χ0v) is 10.9. The number of fused-ring (bicyclic) bond motifs is 1. The van der Waals surface area contributed by atoms with Gasteiger partial charge in [-0.25, -0.2) is 0 Å². The molecule has 1 aliphatic rings. The first kappa shape index (κ1) is 12.3. The van der Waals surface area contributed by atoms with Gasteiger partial charge in [-0.1, -0.05) is 11.6 Å². The van der Waals surface area contributed by atoms with Crippen LogP contribution in [-0.2, 0) is 0 Å². The van der Waals surface area contributed by atoms with Gasteiger partial charge in [-0.2, -0.15) is 0 Å². The number of halogens is 1. The van der Waals surface area contributed by atoms with E-state index in [9.17, 15) is 0 Å². The van der Waals surface area contributed by atoms with Gasteiger partial charge < -0.3 is 10.1 Å². The van der Waals surface area contributed by atoms with E-state index in [0.717, 1.165) is 37.4 Å². The van der Waals surface area contributed by atoms with Crippen LogP contribution < -0.4 is 10.1 Å². The van der Waals surface area contributed by atoms with Crippen molar-refractivity contribution in [2.45, 2.75) is 19.8 Å². The fraction of sp³-hybridized carbons (Fsp3) is 0.429. The Bertz CT molecular complexity index is 415. The Balaban J connectivity index is 1.97. The minimum absolute atomic E-state index is 0.708. The third-order valence-electron chi connectivity index (χ3n) is 2.78. The summed E-state index contributed by atoms with van der Waals surface area (Å²) < 4.78 is 5.68. The lowest BCUT2D eigenvalue weighted by Gasteiger charge is -2.17. The summed E-state index contributed by atoms with van der Waals surface area (Å²) >= 11 is 5.62. The Kier molecular flexibility index (Phi) is 4.32. The third kappa shape index (κ3) is 3.40. The van der Waals surface area contributed by atoms with E-state index in [0.29, 0.717) is 5.88 Å². The predicted molar refractivity (Wildman–Crippen MR) is 74.0 cm³/mol. The summed E-state index contributed by atoms with van der Waals surface area (Å²) in [6, 6.07) is 6.19. The first-order chi connectivity index (χ1) is 8.29. The number of benzene rings is 1. The van der Waals surface area contributed by atoms with E-state index in [4.69, 9.17) is 16.3 Å². The second-order valence-corrected chi connectivity index (χ2v) is 4.72. The summed E-state index contributed by atoms with van der Waals surface area (Å²) in [5, 5.41) is 3.38. The molecular weight excluding hydrogens is 234 g/mol. The maximum atomic E-state index is 5.68. The lowest BCUT2D eigenvalue weighted by atomic mass is 10.1. The van der Waals surface area contributed by atoms with Crippen LogP contribution in [0.1, 0.15) is 25.3 Å². The molecule has 1 N–H and O–H groups in total. The maximum absolute atomic E-state index is 5.68. The van der Waals surface area contributed by atoms with Crippen molar-refractivity contribution in [3.63, 3.8) is 0 Å². The molecule has 0 fully saturated rings. The van der Waals surface area contributed by atoms with Gasteiger partial charge in [0.25, 0.3) is 0 Å². The van der Waals surface area contributed by atoms with Crippen LogP contribution in [0.5, 0.6) is 5.75 Å². The van der Waals surface area contributed by atoms with Crippen LogP contribution in [0, 0.1) is 0 Å². The number of nitrogens with one attached hydrogen (secondary N) is 1. The van der Waals surface area contributed by atoms with Crippen LogP contribution in [0.15, 0.2) is 23.8 Å². The number of unbranched alkanes of at least 4 members (excludes halogenated alkanes) is 1. The molecule has 2 rings (SSSR count). The highest BCUT2D eigenvalue weighted by Crippen LogP contribution is 2.27. The normalized spacial score (nSPS) is 13.6. The average molecular weight is 252 g/mol. The molecule has 0 radical (unpaired) electrons. The topological polar surface area (TPSA) is 21.3 Å². The summed E-state index contributed by atoms with van der Waals surface area (Å²) in [6.07, 6.45) is 4.23. The number of ether oxygens (including phenoxy) is 1. The van der Waals surface area contributed by atoms with Crippen molar-refractivity contribution in [3.05, 3.63) is 29.3 Å². The van der Waals surface area contributed by atoms with E-state index in [1.165, 1.54) is 11.1 Å². The molecule has 0 bridgehead atoms. The highest BCUT2D eigenvalue weighted by molar-refractivity contribution is 6.17. The second kappa shape index (κ2) is 5.97. The van der Waals surface area contributed by atoms with E-state index in [1.807, 2.05) is 6.07 Å². The summed E-state index contributed by atoms with van der Waals surface area (Å²) in [5.41, 5.74) is 3.75. The van der Waals surface area contributed by atoms with Crippen molar-refractivity contribution >= 4 is 23.4 Å². The Morgan fingerprint density at radius 2 is 2.24 bits per heavy atom. The lowest BCUT2D eigenvalue weighted by Crippen LogP contribution is -2.09. The molecule has 0 aliphatic carbocycles. The Morgan fingerprint density at radius 1 is 1.35 bits per heavy atom. The van der Waals surface area contributed by atoms with Gasteiger partial charge in [-0.15, -0.1) is 11.6 Å². The molecule has 17 heavy (non-hydrogen) atoms. The molecule has 3 heteroatoms.